The number of carboxylic acid groups (broad SMARTS) is 1. The fourth-order valence-electron chi connectivity index (χ4n) is 1.32. The first-order valence-corrected chi connectivity index (χ1v) is 5.47. The van der Waals surface area contributed by atoms with Gasteiger partial charge in [-0.1, -0.05) is 13.8 Å². The van der Waals surface area contributed by atoms with Crippen molar-refractivity contribution in [1.29, 1.82) is 0 Å². The lowest BCUT2D eigenvalue weighted by Gasteiger charge is -2.02. The van der Waals surface area contributed by atoms with E-state index >= 15 is 0 Å². The monoisotopic (exact) mass is 213 g/mol. The summed E-state index contributed by atoms with van der Waals surface area (Å²) in [7, 11) is 0. The molecule has 1 heterocycles. The highest BCUT2D eigenvalue weighted by Crippen LogP contribution is 2.21. The van der Waals surface area contributed by atoms with Crippen molar-refractivity contribution < 1.29 is 9.90 Å². The molecule has 0 fully saturated rings. The zero-order valence-corrected chi connectivity index (χ0v) is 9.52. The minimum atomic E-state index is -0.805. The van der Waals surface area contributed by atoms with Crippen molar-refractivity contribution in [2.75, 3.05) is 0 Å². The number of hydrogen-bond acceptors (Lipinski definition) is 3. The van der Waals surface area contributed by atoms with E-state index in [9.17, 15) is 4.79 Å². The first kappa shape index (κ1) is 11.2. The van der Waals surface area contributed by atoms with Crippen molar-refractivity contribution in [1.82, 2.24) is 4.98 Å². The molecule has 1 rings (SSSR count). The van der Waals surface area contributed by atoms with Gasteiger partial charge >= 0.3 is 5.97 Å². The maximum Gasteiger partial charge on any atom is 0.309 e. The Morgan fingerprint density at radius 1 is 1.57 bits per heavy atom. The average Bonchev–Trinajstić information content (AvgIpc) is 2.28. The van der Waals surface area contributed by atoms with Crippen LogP contribution in [0.25, 0.3) is 0 Å². The molecular weight excluding hydrogens is 198 g/mol. The largest absolute Gasteiger partial charge is 0.481 e. The number of nitrogens with zero attached hydrogens (tertiary/aromatic N) is 1. The minimum absolute atomic E-state index is 0.0480. The summed E-state index contributed by atoms with van der Waals surface area (Å²) in [6.45, 7) is 6.17. The van der Waals surface area contributed by atoms with Crippen LogP contribution in [0.5, 0.6) is 0 Å². The van der Waals surface area contributed by atoms with E-state index in [-0.39, 0.29) is 6.42 Å². The predicted molar refractivity (Wildman–Crippen MR) is 56.7 cm³/mol. The lowest BCUT2D eigenvalue weighted by molar-refractivity contribution is -0.136. The molecule has 0 aliphatic carbocycles. The number of aliphatic carboxylic acids is 1. The third-order valence-corrected chi connectivity index (χ3v) is 2.83. The van der Waals surface area contributed by atoms with Gasteiger partial charge in [0.1, 0.15) is 0 Å². The molecule has 1 aromatic rings. The van der Waals surface area contributed by atoms with Gasteiger partial charge in [-0.3, -0.25) is 4.79 Å². The van der Waals surface area contributed by atoms with Gasteiger partial charge in [-0.15, -0.1) is 11.3 Å². The van der Waals surface area contributed by atoms with Crippen LogP contribution in [-0.4, -0.2) is 16.1 Å². The van der Waals surface area contributed by atoms with Gasteiger partial charge in [0.15, 0.2) is 0 Å². The Labute approximate surface area is 87.8 Å². The fourth-order valence-corrected chi connectivity index (χ4v) is 2.49. The maximum atomic E-state index is 10.6. The molecule has 1 aromatic heterocycles. The second-order valence-corrected chi connectivity index (χ2v) is 5.06. The number of rotatable bonds is 4. The lowest BCUT2D eigenvalue weighted by atomic mass is 10.1. The Bertz CT molecular complexity index is 331. The van der Waals surface area contributed by atoms with Crippen LogP contribution in [0.3, 0.4) is 0 Å². The molecule has 0 radical (unpaired) electrons. The van der Waals surface area contributed by atoms with E-state index in [2.05, 4.69) is 18.8 Å². The average molecular weight is 213 g/mol. The zero-order valence-electron chi connectivity index (χ0n) is 8.70. The smallest absolute Gasteiger partial charge is 0.309 e. The Hall–Kier alpha value is -0.900. The predicted octanol–water partition coefficient (Wildman–Crippen LogP) is 2.28. The summed E-state index contributed by atoms with van der Waals surface area (Å²) in [5.74, 6) is -0.261. The van der Waals surface area contributed by atoms with Crippen molar-refractivity contribution >= 4 is 17.3 Å². The Kier molecular flexibility index (Phi) is 3.63. The topological polar surface area (TPSA) is 50.2 Å². The van der Waals surface area contributed by atoms with E-state index < -0.39 is 5.97 Å². The summed E-state index contributed by atoms with van der Waals surface area (Å²) in [6.07, 6.45) is 0.973. The molecular formula is C10H15NO2S. The second-order valence-electron chi connectivity index (χ2n) is 3.77. The minimum Gasteiger partial charge on any atom is -0.481 e. The first-order valence-electron chi connectivity index (χ1n) is 4.66. The van der Waals surface area contributed by atoms with E-state index in [1.165, 1.54) is 0 Å². The lowest BCUT2D eigenvalue weighted by Crippen LogP contribution is -2.04. The SMILES string of the molecule is Cc1nc(CC(=O)O)c(CC(C)C)s1. The number of aromatic nitrogens is 1. The van der Waals surface area contributed by atoms with Gasteiger partial charge < -0.3 is 5.11 Å². The van der Waals surface area contributed by atoms with E-state index in [4.69, 9.17) is 5.11 Å². The highest BCUT2D eigenvalue weighted by Gasteiger charge is 2.13. The van der Waals surface area contributed by atoms with Crippen LogP contribution in [0.15, 0.2) is 0 Å². The summed E-state index contributed by atoms with van der Waals surface area (Å²) in [6, 6.07) is 0. The second kappa shape index (κ2) is 4.55. The zero-order chi connectivity index (χ0) is 10.7. The molecule has 0 amide bonds. The molecule has 0 saturated heterocycles. The molecule has 78 valence electrons. The van der Waals surface area contributed by atoms with Gasteiger partial charge in [0.05, 0.1) is 17.1 Å². The van der Waals surface area contributed by atoms with Crippen LogP contribution in [-0.2, 0) is 17.6 Å². The van der Waals surface area contributed by atoms with E-state index in [0.29, 0.717) is 5.92 Å². The third kappa shape index (κ3) is 3.10. The molecule has 0 spiro atoms. The summed E-state index contributed by atoms with van der Waals surface area (Å²) < 4.78 is 0. The van der Waals surface area contributed by atoms with E-state index in [0.717, 1.165) is 22.0 Å². The molecule has 1 N–H and O–H groups in total. The Morgan fingerprint density at radius 2 is 2.21 bits per heavy atom. The number of carboxylic acids is 1. The van der Waals surface area contributed by atoms with Crippen LogP contribution in [0.1, 0.15) is 29.4 Å². The first-order chi connectivity index (χ1) is 6.49. The number of hydrogen-bond donors (Lipinski definition) is 1. The molecule has 0 aliphatic heterocycles. The Balaban J connectivity index is 2.85. The van der Waals surface area contributed by atoms with Crippen LogP contribution >= 0.6 is 11.3 Å². The van der Waals surface area contributed by atoms with Gasteiger partial charge in [0, 0.05) is 4.88 Å². The van der Waals surface area contributed by atoms with Crippen molar-refractivity contribution in [3.05, 3.63) is 15.6 Å². The summed E-state index contributed by atoms with van der Waals surface area (Å²) in [4.78, 5) is 15.9. The van der Waals surface area contributed by atoms with Gasteiger partial charge in [0.25, 0.3) is 0 Å². The molecule has 0 atom stereocenters. The van der Waals surface area contributed by atoms with Crippen molar-refractivity contribution in [3.63, 3.8) is 0 Å². The molecule has 0 aliphatic rings. The van der Waals surface area contributed by atoms with E-state index in [1.54, 1.807) is 11.3 Å². The third-order valence-electron chi connectivity index (χ3n) is 1.80. The summed E-state index contributed by atoms with van der Waals surface area (Å²) >= 11 is 1.61. The molecule has 0 aromatic carbocycles. The maximum absolute atomic E-state index is 10.6. The number of aryl methyl sites for hydroxylation is 1. The highest BCUT2D eigenvalue weighted by atomic mass is 32.1. The van der Waals surface area contributed by atoms with Gasteiger partial charge in [0.2, 0.25) is 0 Å². The van der Waals surface area contributed by atoms with Crippen molar-refractivity contribution in [3.8, 4) is 0 Å². The van der Waals surface area contributed by atoms with Gasteiger partial charge in [-0.2, -0.15) is 0 Å². The summed E-state index contributed by atoms with van der Waals surface area (Å²) in [5, 5.41) is 9.65. The van der Waals surface area contributed by atoms with Crippen LogP contribution in [0.2, 0.25) is 0 Å². The summed E-state index contributed by atoms with van der Waals surface area (Å²) in [5.41, 5.74) is 0.744. The number of thiazole rings is 1. The molecule has 4 heteroatoms. The van der Waals surface area contributed by atoms with Crippen LogP contribution in [0.4, 0.5) is 0 Å². The highest BCUT2D eigenvalue weighted by molar-refractivity contribution is 7.11. The Morgan fingerprint density at radius 3 is 2.71 bits per heavy atom. The molecule has 14 heavy (non-hydrogen) atoms. The fraction of sp³-hybridized carbons (Fsp3) is 0.600. The van der Waals surface area contributed by atoms with Crippen LogP contribution < -0.4 is 0 Å². The quantitative estimate of drug-likeness (QED) is 0.834. The normalized spacial score (nSPS) is 10.9. The molecule has 0 bridgehead atoms. The molecule has 0 saturated carbocycles. The van der Waals surface area contributed by atoms with Crippen molar-refractivity contribution in [2.45, 2.75) is 33.6 Å². The molecule has 0 unspecified atom stereocenters. The van der Waals surface area contributed by atoms with Gasteiger partial charge in [-0.25, -0.2) is 4.98 Å². The standard InChI is InChI=1S/C10H15NO2S/c1-6(2)4-9-8(5-10(12)13)11-7(3)14-9/h6H,4-5H2,1-3H3,(H,12,13). The van der Waals surface area contributed by atoms with Crippen molar-refractivity contribution in [2.24, 2.45) is 5.92 Å². The van der Waals surface area contributed by atoms with Gasteiger partial charge in [-0.05, 0) is 19.3 Å². The van der Waals surface area contributed by atoms with E-state index in [1.807, 2.05) is 6.92 Å². The molecule has 3 nitrogen and oxygen atoms in total. The number of carbonyl (C=O) groups is 1. The van der Waals surface area contributed by atoms with Crippen LogP contribution in [0, 0.1) is 12.8 Å².